The molecule has 37 heavy (non-hydrogen) atoms. The fourth-order valence-corrected chi connectivity index (χ4v) is 4.76. The van der Waals surface area contributed by atoms with E-state index in [1.807, 2.05) is 24.8 Å². The predicted octanol–water partition coefficient (Wildman–Crippen LogP) is 6.05. The molecule has 0 spiro atoms. The number of carbonyl (C=O) groups is 1. The molecule has 7 nitrogen and oxygen atoms in total. The third kappa shape index (κ3) is 7.51. The fourth-order valence-electron chi connectivity index (χ4n) is 3.67. The van der Waals surface area contributed by atoms with E-state index in [4.69, 9.17) is 4.42 Å². The minimum atomic E-state index is -4.69. The predicted molar refractivity (Wildman–Crippen MR) is 136 cm³/mol. The van der Waals surface area contributed by atoms with Gasteiger partial charge in [-0.15, -0.1) is 0 Å². The van der Waals surface area contributed by atoms with Gasteiger partial charge >= 0.3 is 6.18 Å². The number of hydrogen-bond donors (Lipinski definition) is 2. The number of benzene rings is 2. The zero-order valence-corrected chi connectivity index (χ0v) is 21.5. The average Bonchev–Trinajstić information content (AvgIpc) is 3.37. The molecule has 0 saturated carbocycles. The van der Waals surface area contributed by atoms with Crippen LogP contribution in [0.4, 0.5) is 24.5 Å². The molecule has 0 atom stereocenters. The van der Waals surface area contributed by atoms with Gasteiger partial charge in [-0.05, 0) is 61.4 Å². The van der Waals surface area contributed by atoms with Gasteiger partial charge in [0.05, 0.1) is 34.5 Å². The van der Waals surface area contributed by atoms with Crippen molar-refractivity contribution in [1.29, 1.82) is 0 Å². The van der Waals surface area contributed by atoms with Crippen molar-refractivity contribution >= 4 is 27.3 Å². The monoisotopic (exact) mass is 537 g/mol. The molecular formula is C26H30F3N3O4S. The highest BCUT2D eigenvalue weighted by atomic mass is 32.2. The minimum Gasteiger partial charge on any atom is -0.467 e. The Hall–Kier alpha value is -3.47. The van der Waals surface area contributed by atoms with Gasteiger partial charge in [0.15, 0.2) is 0 Å². The molecule has 0 aliphatic rings. The molecule has 2 N–H and O–H groups in total. The van der Waals surface area contributed by atoms with Crippen LogP contribution >= 0.6 is 0 Å². The number of nitrogens with one attached hydrogen (secondary N) is 2. The number of nitrogens with zero attached hydrogens (tertiary/aromatic N) is 1. The molecule has 0 unspecified atom stereocenters. The van der Waals surface area contributed by atoms with Gasteiger partial charge in [-0.2, -0.15) is 13.2 Å². The van der Waals surface area contributed by atoms with E-state index in [1.54, 1.807) is 18.4 Å². The molecule has 200 valence electrons. The number of carbonyl (C=O) groups excluding carboxylic acids is 1. The van der Waals surface area contributed by atoms with Gasteiger partial charge < -0.3 is 14.6 Å². The second-order valence-corrected chi connectivity index (χ2v) is 10.2. The minimum absolute atomic E-state index is 0.0521. The summed E-state index contributed by atoms with van der Waals surface area (Å²) in [6.07, 6.45) is -0.655. The summed E-state index contributed by atoms with van der Waals surface area (Å²) in [6.45, 7) is 5.40. The lowest BCUT2D eigenvalue weighted by atomic mass is 10.1. The standard InChI is InChI=1S/C26H30F3N3O4S/c1-3-5-14-32(18-21-9-7-15-36-21)24-12-11-20(17-23(24)25(33)30-13-4-2)31-37(34,35)22-10-6-8-19(16-22)26(27,28)29/h6-12,15-17,31H,3-5,13-14,18H2,1-2H3,(H,30,33). The van der Waals surface area contributed by atoms with E-state index in [0.29, 0.717) is 43.6 Å². The zero-order valence-electron chi connectivity index (χ0n) is 20.6. The number of halogens is 3. The van der Waals surface area contributed by atoms with Crippen LogP contribution in [0.1, 0.15) is 54.8 Å². The summed E-state index contributed by atoms with van der Waals surface area (Å²) in [6, 6.07) is 11.6. The number of alkyl halides is 3. The van der Waals surface area contributed by atoms with E-state index < -0.39 is 32.6 Å². The topological polar surface area (TPSA) is 91.7 Å². The molecule has 0 aliphatic heterocycles. The van der Waals surface area contributed by atoms with E-state index >= 15 is 0 Å². The van der Waals surface area contributed by atoms with Crippen LogP contribution in [0.3, 0.4) is 0 Å². The van der Waals surface area contributed by atoms with Crippen molar-refractivity contribution in [2.45, 2.75) is 50.7 Å². The summed E-state index contributed by atoms with van der Waals surface area (Å²) in [5.41, 5.74) is -0.202. The quantitative estimate of drug-likeness (QED) is 0.294. The lowest BCUT2D eigenvalue weighted by Gasteiger charge is -2.26. The van der Waals surface area contributed by atoms with Gasteiger partial charge in [0, 0.05) is 18.8 Å². The maximum atomic E-state index is 13.1. The van der Waals surface area contributed by atoms with E-state index in [-0.39, 0.29) is 11.3 Å². The van der Waals surface area contributed by atoms with Crippen LogP contribution in [0.15, 0.2) is 70.2 Å². The Labute approximate surface area is 214 Å². The Morgan fingerprint density at radius 1 is 1.03 bits per heavy atom. The van der Waals surface area contributed by atoms with E-state index in [1.165, 1.54) is 12.1 Å². The highest BCUT2D eigenvalue weighted by molar-refractivity contribution is 7.92. The number of anilines is 2. The number of sulfonamides is 1. The normalized spacial score (nSPS) is 11.8. The van der Waals surface area contributed by atoms with E-state index in [0.717, 1.165) is 31.0 Å². The first-order valence-electron chi connectivity index (χ1n) is 11.9. The Morgan fingerprint density at radius 3 is 2.46 bits per heavy atom. The second-order valence-electron chi connectivity index (χ2n) is 8.47. The lowest BCUT2D eigenvalue weighted by Crippen LogP contribution is -2.30. The summed E-state index contributed by atoms with van der Waals surface area (Å²) in [7, 11) is -4.35. The van der Waals surface area contributed by atoms with E-state index in [2.05, 4.69) is 10.0 Å². The molecule has 3 rings (SSSR count). The maximum absolute atomic E-state index is 13.1. The number of furan rings is 1. The van der Waals surface area contributed by atoms with Crippen molar-refractivity contribution in [2.24, 2.45) is 0 Å². The summed E-state index contributed by atoms with van der Waals surface area (Å²) in [4.78, 5) is 14.5. The molecule has 0 radical (unpaired) electrons. The molecule has 0 saturated heterocycles. The third-order valence-corrected chi connectivity index (χ3v) is 6.93. The number of hydrogen-bond acceptors (Lipinski definition) is 5. The Kier molecular flexibility index (Phi) is 9.25. The van der Waals surface area contributed by atoms with Gasteiger partial charge in [-0.3, -0.25) is 9.52 Å². The van der Waals surface area contributed by atoms with Crippen LogP contribution in [-0.4, -0.2) is 27.4 Å². The van der Waals surface area contributed by atoms with Gasteiger partial charge in [-0.25, -0.2) is 8.42 Å². The van der Waals surface area contributed by atoms with Crippen LogP contribution in [0, 0.1) is 0 Å². The molecule has 1 amide bonds. The SMILES string of the molecule is CCCCN(Cc1ccco1)c1ccc(NS(=O)(=O)c2cccc(C(F)(F)F)c2)cc1C(=O)NCCC. The van der Waals surface area contributed by atoms with Gasteiger partial charge in [0.25, 0.3) is 15.9 Å². The van der Waals surface area contributed by atoms with Crippen molar-refractivity contribution in [2.75, 3.05) is 22.7 Å². The molecule has 0 bridgehead atoms. The van der Waals surface area contributed by atoms with Crippen molar-refractivity contribution in [3.8, 4) is 0 Å². The molecule has 11 heteroatoms. The Balaban J connectivity index is 1.98. The first-order chi connectivity index (χ1) is 17.5. The van der Waals surface area contributed by atoms with Gasteiger partial charge in [0.1, 0.15) is 5.76 Å². The smallest absolute Gasteiger partial charge is 0.416 e. The summed E-state index contributed by atoms with van der Waals surface area (Å²) < 4.78 is 72.9. The van der Waals surface area contributed by atoms with E-state index in [9.17, 15) is 26.4 Å². The molecule has 1 aromatic heterocycles. The zero-order chi connectivity index (χ0) is 27.1. The third-order valence-electron chi connectivity index (χ3n) is 5.55. The first-order valence-corrected chi connectivity index (χ1v) is 13.4. The first kappa shape index (κ1) is 28.1. The highest BCUT2D eigenvalue weighted by Crippen LogP contribution is 2.32. The Morgan fingerprint density at radius 2 is 1.81 bits per heavy atom. The van der Waals surface area contributed by atoms with Crippen molar-refractivity contribution < 1.29 is 30.8 Å². The van der Waals surface area contributed by atoms with Crippen LogP contribution in [-0.2, 0) is 22.7 Å². The van der Waals surface area contributed by atoms with Crippen LogP contribution in [0.5, 0.6) is 0 Å². The maximum Gasteiger partial charge on any atom is 0.416 e. The second kappa shape index (κ2) is 12.2. The Bertz CT molecular complexity index is 1290. The summed E-state index contributed by atoms with van der Waals surface area (Å²) in [5, 5.41) is 2.81. The van der Waals surface area contributed by atoms with Crippen LogP contribution < -0.4 is 14.9 Å². The fraction of sp³-hybridized carbons (Fsp3) is 0.346. The van der Waals surface area contributed by atoms with Crippen LogP contribution in [0.25, 0.3) is 0 Å². The summed E-state index contributed by atoms with van der Waals surface area (Å²) >= 11 is 0. The van der Waals surface area contributed by atoms with Gasteiger partial charge in [-0.1, -0.05) is 26.3 Å². The van der Waals surface area contributed by atoms with Crippen molar-refractivity contribution in [3.05, 3.63) is 77.7 Å². The van der Waals surface area contributed by atoms with Crippen LogP contribution in [0.2, 0.25) is 0 Å². The molecule has 0 fully saturated rings. The van der Waals surface area contributed by atoms with Crippen molar-refractivity contribution in [3.63, 3.8) is 0 Å². The average molecular weight is 538 g/mol. The van der Waals surface area contributed by atoms with Crippen molar-refractivity contribution in [1.82, 2.24) is 5.32 Å². The molecule has 0 aliphatic carbocycles. The molecular weight excluding hydrogens is 507 g/mol. The lowest BCUT2D eigenvalue weighted by molar-refractivity contribution is -0.137. The number of amides is 1. The molecule has 1 heterocycles. The number of unbranched alkanes of at least 4 members (excludes halogenated alkanes) is 1. The molecule has 2 aromatic carbocycles. The molecule has 3 aromatic rings. The van der Waals surface area contributed by atoms with Gasteiger partial charge in [0.2, 0.25) is 0 Å². The largest absolute Gasteiger partial charge is 0.467 e. The summed E-state index contributed by atoms with van der Waals surface area (Å²) in [5.74, 6) is 0.309. The number of rotatable bonds is 12. The highest BCUT2D eigenvalue weighted by Gasteiger charge is 2.31.